The van der Waals surface area contributed by atoms with Gasteiger partial charge < -0.3 is 14.7 Å². The van der Waals surface area contributed by atoms with Gasteiger partial charge in [0, 0.05) is 51.9 Å². The van der Waals surface area contributed by atoms with Gasteiger partial charge in [0.1, 0.15) is 23.1 Å². The summed E-state index contributed by atoms with van der Waals surface area (Å²) in [6.45, 7) is 15.8. The number of hydrogen-bond donors (Lipinski definition) is 0. The zero-order valence-corrected chi connectivity index (χ0v) is 26.5. The maximum absolute atomic E-state index is 12.4. The van der Waals surface area contributed by atoms with E-state index in [9.17, 15) is 19.2 Å². The molecule has 0 radical (unpaired) electrons. The molecule has 0 aromatic rings. The highest BCUT2D eigenvalue weighted by Gasteiger charge is 2.38. The first-order chi connectivity index (χ1) is 18.2. The summed E-state index contributed by atoms with van der Waals surface area (Å²) in [6, 6.07) is -0.219. The monoisotopic (exact) mass is 580 g/mol. The summed E-state index contributed by atoms with van der Waals surface area (Å²) < 4.78 is 0. The molecule has 0 saturated carbocycles. The van der Waals surface area contributed by atoms with Crippen LogP contribution in [0.1, 0.15) is 99.3 Å². The number of imide groups is 1. The fourth-order valence-electron chi connectivity index (χ4n) is 5.27. The van der Waals surface area contributed by atoms with Crippen LogP contribution in [0.25, 0.3) is 0 Å². The summed E-state index contributed by atoms with van der Waals surface area (Å²) in [4.78, 5) is 57.3. The molecule has 0 aromatic carbocycles. The second-order valence-corrected chi connectivity index (χ2v) is 13.4. The normalized spacial score (nSPS) is 16.8. The Morgan fingerprint density at radius 3 is 1.62 bits per heavy atom. The topological polar surface area (TPSA) is 81.2 Å². The van der Waals surface area contributed by atoms with Crippen LogP contribution in [0.4, 0.5) is 4.79 Å². The molecule has 0 aromatic heterocycles. The smallest absolute Gasteiger partial charge is 0.327 e. The summed E-state index contributed by atoms with van der Waals surface area (Å²) in [5.41, 5.74) is -0.258. The van der Waals surface area contributed by atoms with Crippen molar-refractivity contribution in [3.63, 3.8) is 0 Å². The summed E-state index contributed by atoms with van der Waals surface area (Å²) in [5, 5.41) is 0.806. The molecule has 0 bridgehead atoms. The lowest BCUT2D eigenvalue weighted by molar-refractivity contribution is -0.126. The van der Waals surface area contributed by atoms with Crippen LogP contribution in [0.15, 0.2) is 0 Å². The van der Waals surface area contributed by atoms with Crippen LogP contribution < -0.4 is 0 Å². The van der Waals surface area contributed by atoms with Gasteiger partial charge in [0.25, 0.3) is 0 Å². The minimum Gasteiger partial charge on any atom is -0.342 e. The fourth-order valence-corrected chi connectivity index (χ4v) is 6.00. The van der Waals surface area contributed by atoms with Crippen molar-refractivity contribution in [1.82, 2.24) is 19.6 Å². The van der Waals surface area contributed by atoms with E-state index in [0.717, 1.165) is 42.5 Å². The molecule has 2 saturated heterocycles. The Bertz CT molecular complexity index is 876. The van der Waals surface area contributed by atoms with Crippen molar-refractivity contribution in [1.29, 1.82) is 0 Å². The molecule has 10 heteroatoms. The van der Waals surface area contributed by atoms with Crippen molar-refractivity contribution in [3.8, 4) is 0 Å². The second kappa shape index (κ2) is 14.6. The third-order valence-corrected chi connectivity index (χ3v) is 8.55. The van der Waals surface area contributed by atoms with Crippen LogP contribution in [-0.4, -0.2) is 92.5 Å². The van der Waals surface area contributed by atoms with Gasteiger partial charge in [-0.15, -0.1) is 0 Å². The molecule has 2 heterocycles. The summed E-state index contributed by atoms with van der Waals surface area (Å²) >= 11 is 11.1. The number of carbonyl (C=O) groups excluding carboxylic acids is 4. The van der Waals surface area contributed by atoms with Gasteiger partial charge in [0.2, 0.25) is 5.91 Å². The summed E-state index contributed by atoms with van der Waals surface area (Å²) in [7, 11) is 0. The number of ketones is 2. The minimum atomic E-state index is -0.251. The Hall–Kier alpha value is -1.94. The van der Waals surface area contributed by atoms with Gasteiger partial charge in [-0.2, -0.15) is 0 Å². The lowest BCUT2D eigenvalue weighted by atomic mass is 9.85. The number of hydrogen-bond acceptors (Lipinski definition) is 6. The molecule has 220 valence electrons. The molecule has 2 aliphatic rings. The number of Topliss-reactive ketones (excluding diaryl/α,β-unsaturated/α-hetero) is 2. The first-order valence-corrected chi connectivity index (χ1v) is 15.2. The molecule has 3 amide bonds. The molecule has 0 N–H and O–H groups in total. The zero-order valence-electron chi connectivity index (χ0n) is 24.8. The number of likely N-dealkylation sites (N-methyl/N-ethyl adjacent to an activating group) is 2. The lowest BCUT2D eigenvalue weighted by Gasteiger charge is -2.31. The molecule has 8 nitrogen and oxygen atoms in total. The number of nitrogens with zero attached hydrogens (tertiary/aromatic N) is 4. The second-order valence-electron chi connectivity index (χ2n) is 12.5. The Morgan fingerprint density at radius 1 is 0.718 bits per heavy atom. The standard InChI is InChI=1S/C29H48N4O4S2/c1-7-30-18-24(36)32(26(30)37)20-28(3,4)16-10-14-22(34)12-9-13-23(35)15-11-17-29(5,6)21-33-25(38)19-31(8-2)27(33)39/h7-21H2,1-6H3. The van der Waals surface area contributed by atoms with Gasteiger partial charge in [-0.25, -0.2) is 4.79 Å². The van der Waals surface area contributed by atoms with E-state index < -0.39 is 0 Å². The van der Waals surface area contributed by atoms with Crippen molar-refractivity contribution >= 4 is 58.0 Å². The van der Waals surface area contributed by atoms with Crippen molar-refractivity contribution in [2.24, 2.45) is 10.8 Å². The molecular formula is C29H48N4O4S2. The van der Waals surface area contributed by atoms with Crippen LogP contribution >= 0.6 is 24.4 Å². The van der Waals surface area contributed by atoms with Gasteiger partial charge >= 0.3 is 6.03 Å². The van der Waals surface area contributed by atoms with E-state index >= 15 is 0 Å². The first kappa shape index (κ1) is 33.3. The SMILES string of the molecule is CCN1CC(=O)N(CC(C)(C)CCCC(=O)CCCC(=O)CCCC(C)(C)CN2C(=S)CN(CC)C2=S)C1=O. The van der Waals surface area contributed by atoms with E-state index in [4.69, 9.17) is 24.4 Å². The van der Waals surface area contributed by atoms with Gasteiger partial charge in [0.15, 0.2) is 5.11 Å². The van der Waals surface area contributed by atoms with Gasteiger partial charge in [-0.05, 0) is 69.0 Å². The highest BCUT2D eigenvalue weighted by Crippen LogP contribution is 2.29. The fraction of sp³-hybridized carbons (Fsp3) is 0.793. The van der Waals surface area contributed by atoms with Crippen LogP contribution in [-0.2, 0) is 14.4 Å². The number of urea groups is 1. The van der Waals surface area contributed by atoms with E-state index in [0.29, 0.717) is 58.2 Å². The molecule has 2 fully saturated rings. The van der Waals surface area contributed by atoms with Crippen molar-refractivity contribution in [2.75, 3.05) is 39.3 Å². The van der Waals surface area contributed by atoms with E-state index in [2.05, 4.69) is 30.6 Å². The van der Waals surface area contributed by atoms with Crippen LogP contribution in [0.3, 0.4) is 0 Å². The molecule has 39 heavy (non-hydrogen) atoms. The Morgan fingerprint density at radius 2 is 1.18 bits per heavy atom. The average Bonchev–Trinajstić information content (AvgIpc) is 3.27. The minimum absolute atomic E-state index is 0.00731. The molecule has 2 aliphatic heterocycles. The van der Waals surface area contributed by atoms with Gasteiger partial charge in [0.05, 0.1) is 6.54 Å². The molecule has 2 rings (SSSR count). The molecule has 0 spiro atoms. The molecule has 0 unspecified atom stereocenters. The average molecular weight is 581 g/mol. The zero-order chi connectivity index (χ0) is 29.4. The first-order valence-electron chi connectivity index (χ1n) is 14.4. The Labute approximate surface area is 245 Å². The van der Waals surface area contributed by atoms with Crippen molar-refractivity contribution < 1.29 is 19.2 Å². The van der Waals surface area contributed by atoms with Crippen LogP contribution in [0, 0.1) is 10.8 Å². The number of thiocarbonyl (C=S) groups is 2. The van der Waals surface area contributed by atoms with E-state index in [1.54, 1.807) is 4.90 Å². The highest BCUT2D eigenvalue weighted by atomic mass is 32.1. The number of rotatable bonds is 18. The van der Waals surface area contributed by atoms with Crippen molar-refractivity contribution in [3.05, 3.63) is 0 Å². The highest BCUT2D eigenvalue weighted by molar-refractivity contribution is 7.82. The number of carbonyl (C=O) groups is 4. The van der Waals surface area contributed by atoms with Crippen molar-refractivity contribution in [2.45, 2.75) is 99.3 Å². The summed E-state index contributed by atoms with van der Waals surface area (Å²) in [6.07, 6.45) is 5.64. The van der Waals surface area contributed by atoms with Crippen LogP contribution in [0.5, 0.6) is 0 Å². The third-order valence-electron chi connectivity index (χ3n) is 7.72. The Balaban J connectivity index is 1.60. The van der Waals surface area contributed by atoms with Gasteiger partial charge in [-0.1, -0.05) is 39.9 Å². The quantitative estimate of drug-likeness (QED) is 0.161. The molecule has 0 atom stereocenters. The van der Waals surface area contributed by atoms with E-state index in [1.807, 2.05) is 20.8 Å². The molecule has 0 aliphatic carbocycles. The van der Waals surface area contributed by atoms with Gasteiger partial charge in [-0.3, -0.25) is 19.3 Å². The van der Waals surface area contributed by atoms with E-state index in [-0.39, 0.29) is 40.9 Å². The lowest BCUT2D eigenvalue weighted by Crippen LogP contribution is -2.39. The third kappa shape index (κ3) is 10.2. The largest absolute Gasteiger partial charge is 0.342 e. The van der Waals surface area contributed by atoms with Crippen LogP contribution in [0.2, 0.25) is 0 Å². The number of amides is 3. The predicted octanol–water partition coefficient (Wildman–Crippen LogP) is 5.22. The molecular weight excluding hydrogens is 532 g/mol. The van der Waals surface area contributed by atoms with E-state index in [1.165, 1.54) is 4.90 Å². The Kier molecular flexibility index (Phi) is 12.5. The maximum Gasteiger partial charge on any atom is 0.327 e. The predicted molar refractivity (Wildman–Crippen MR) is 163 cm³/mol. The summed E-state index contributed by atoms with van der Waals surface area (Å²) in [5.74, 6) is 0.233. The maximum atomic E-state index is 12.4.